The molecule has 1 heterocycles. The SMILES string of the molecule is C=CCn1nc(-c2ccc(S(C)(=O)=O)cc2)c(-c2ccc(OC)c(C)c2)c1C(F)(F)F. The van der Waals surface area contributed by atoms with Crippen LogP contribution in [0.4, 0.5) is 13.2 Å². The Morgan fingerprint density at radius 1 is 1.13 bits per heavy atom. The third kappa shape index (κ3) is 4.51. The Balaban J connectivity index is 2.33. The van der Waals surface area contributed by atoms with Gasteiger partial charge in [0.05, 0.1) is 18.6 Å². The fourth-order valence-electron chi connectivity index (χ4n) is 3.37. The molecule has 5 nitrogen and oxygen atoms in total. The van der Waals surface area contributed by atoms with Gasteiger partial charge < -0.3 is 4.74 Å². The van der Waals surface area contributed by atoms with E-state index in [9.17, 15) is 21.6 Å². The van der Waals surface area contributed by atoms with Gasteiger partial charge in [-0.05, 0) is 42.3 Å². The molecule has 0 bridgehead atoms. The van der Waals surface area contributed by atoms with Crippen LogP contribution in [0.25, 0.3) is 22.4 Å². The molecule has 31 heavy (non-hydrogen) atoms. The Labute approximate surface area is 178 Å². The number of nitrogens with zero attached hydrogens (tertiary/aromatic N) is 2. The maximum absolute atomic E-state index is 14.1. The molecule has 0 aliphatic heterocycles. The lowest BCUT2D eigenvalue weighted by atomic mass is 9.97. The molecule has 164 valence electrons. The average molecular weight is 450 g/mol. The van der Waals surface area contributed by atoms with E-state index in [1.54, 1.807) is 25.1 Å². The van der Waals surface area contributed by atoms with E-state index >= 15 is 0 Å². The third-order valence-corrected chi connectivity index (χ3v) is 5.89. The molecule has 0 N–H and O–H groups in total. The molecule has 0 spiro atoms. The number of alkyl halides is 3. The Morgan fingerprint density at radius 2 is 1.74 bits per heavy atom. The number of hydrogen-bond acceptors (Lipinski definition) is 4. The molecule has 9 heteroatoms. The number of methoxy groups -OCH3 is 1. The summed E-state index contributed by atoms with van der Waals surface area (Å²) in [7, 11) is -1.96. The first-order chi connectivity index (χ1) is 14.5. The van der Waals surface area contributed by atoms with Gasteiger partial charge in [-0.3, -0.25) is 4.68 Å². The molecule has 3 aromatic rings. The van der Waals surface area contributed by atoms with E-state index in [-0.39, 0.29) is 22.7 Å². The van der Waals surface area contributed by atoms with Crippen LogP contribution in [0.15, 0.2) is 60.0 Å². The number of rotatable bonds is 6. The topological polar surface area (TPSA) is 61.2 Å². The van der Waals surface area contributed by atoms with E-state index in [0.29, 0.717) is 22.4 Å². The van der Waals surface area contributed by atoms with Crippen LogP contribution in [0.2, 0.25) is 0 Å². The Kier molecular flexibility index (Phi) is 6.00. The number of ether oxygens (including phenoxy) is 1. The van der Waals surface area contributed by atoms with Crippen LogP contribution in [0.1, 0.15) is 11.3 Å². The smallest absolute Gasteiger partial charge is 0.433 e. The highest BCUT2D eigenvalue weighted by Crippen LogP contribution is 2.43. The molecule has 2 aromatic carbocycles. The number of allylic oxidation sites excluding steroid dienone is 1. The molecule has 1 aromatic heterocycles. The van der Waals surface area contributed by atoms with Gasteiger partial charge in [-0.1, -0.05) is 24.3 Å². The lowest BCUT2D eigenvalue weighted by Crippen LogP contribution is -2.15. The van der Waals surface area contributed by atoms with Crippen LogP contribution in [-0.2, 0) is 22.6 Å². The van der Waals surface area contributed by atoms with Gasteiger partial charge >= 0.3 is 6.18 Å². The largest absolute Gasteiger partial charge is 0.496 e. The molecule has 0 aliphatic carbocycles. The Morgan fingerprint density at radius 3 is 2.23 bits per heavy atom. The predicted octanol–water partition coefficient (Wildman–Crippen LogP) is 5.14. The molecule has 0 saturated heterocycles. The summed E-state index contributed by atoms with van der Waals surface area (Å²) in [5.41, 5.74) is 0.459. The first-order valence-corrected chi connectivity index (χ1v) is 11.1. The number of halogens is 3. The monoisotopic (exact) mass is 450 g/mol. The van der Waals surface area contributed by atoms with E-state index in [4.69, 9.17) is 4.74 Å². The minimum absolute atomic E-state index is 0.0691. The number of aryl methyl sites for hydroxylation is 1. The first kappa shape index (κ1) is 22.6. The minimum atomic E-state index is -4.68. The second-order valence-electron chi connectivity index (χ2n) is 7.02. The van der Waals surface area contributed by atoms with Crippen LogP contribution in [-0.4, -0.2) is 31.6 Å². The van der Waals surface area contributed by atoms with Crippen LogP contribution in [0, 0.1) is 6.92 Å². The highest BCUT2D eigenvalue weighted by molar-refractivity contribution is 7.90. The molecular weight excluding hydrogens is 429 g/mol. The normalized spacial score (nSPS) is 12.1. The lowest BCUT2D eigenvalue weighted by molar-refractivity contribution is -0.143. The van der Waals surface area contributed by atoms with Gasteiger partial charge in [-0.2, -0.15) is 18.3 Å². The van der Waals surface area contributed by atoms with Crippen molar-refractivity contribution >= 4 is 9.84 Å². The zero-order valence-corrected chi connectivity index (χ0v) is 18.0. The van der Waals surface area contributed by atoms with Crippen molar-refractivity contribution < 1.29 is 26.3 Å². The fraction of sp³-hybridized carbons (Fsp3) is 0.227. The average Bonchev–Trinajstić information content (AvgIpc) is 3.07. The van der Waals surface area contributed by atoms with Crippen molar-refractivity contribution in [1.29, 1.82) is 0 Å². The summed E-state index contributed by atoms with van der Waals surface area (Å²) >= 11 is 0. The van der Waals surface area contributed by atoms with Crippen molar-refractivity contribution in [1.82, 2.24) is 9.78 Å². The van der Waals surface area contributed by atoms with E-state index in [1.807, 2.05) is 0 Å². The van der Waals surface area contributed by atoms with Crippen molar-refractivity contribution in [2.75, 3.05) is 13.4 Å². The van der Waals surface area contributed by atoms with Crippen LogP contribution < -0.4 is 4.74 Å². The molecule has 0 aliphatic rings. The van der Waals surface area contributed by atoms with Gasteiger partial charge in [0, 0.05) is 17.4 Å². The second-order valence-corrected chi connectivity index (χ2v) is 9.04. The standard InChI is InChI=1S/C22H21F3N2O3S/c1-5-12-27-21(22(23,24)25)19(16-8-11-18(30-3)14(2)13-16)20(26-27)15-6-9-17(10-7-15)31(4,28)29/h5-11,13H,1,12H2,2-4H3. The summed E-state index contributed by atoms with van der Waals surface area (Å²) in [6.07, 6.45) is -2.28. The van der Waals surface area contributed by atoms with E-state index in [2.05, 4.69) is 11.7 Å². The minimum Gasteiger partial charge on any atom is -0.496 e. The number of sulfone groups is 1. The maximum Gasteiger partial charge on any atom is 0.433 e. The fourth-order valence-corrected chi connectivity index (χ4v) is 4.00. The van der Waals surface area contributed by atoms with E-state index in [0.717, 1.165) is 10.9 Å². The van der Waals surface area contributed by atoms with Crippen LogP contribution in [0.3, 0.4) is 0 Å². The summed E-state index contributed by atoms with van der Waals surface area (Å²) in [6.45, 7) is 5.13. The van der Waals surface area contributed by atoms with Gasteiger partial charge in [0.2, 0.25) is 0 Å². The zero-order valence-electron chi connectivity index (χ0n) is 17.2. The third-order valence-electron chi connectivity index (χ3n) is 4.76. The predicted molar refractivity (Wildman–Crippen MR) is 113 cm³/mol. The number of hydrogen-bond donors (Lipinski definition) is 0. The maximum atomic E-state index is 14.1. The van der Waals surface area contributed by atoms with Crippen molar-refractivity contribution in [2.45, 2.75) is 24.5 Å². The number of benzene rings is 2. The van der Waals surface area contributed by atoms with E-state index < -0.39 is 21.7 Å². The quantitative estimate of drug-likeness (QED) is 0.488. The molecule has 0 amide bonds. The summed E-state index contributed by atoms with van der Waals surface area (Å²) in [5, 5.41) is 4.22. The summed E-state index contributed by atoms with van der Waals surface area (Å²) in [4.78, 5) is 0.0691. The van der Waals surface area contributed by atoms with Gasteiger partial charge in [0.25, 0.3) is 0 Å². The summed E-state index contributed by atoms with van der Waals surface area (Å²) < 4.78 is 71.9. The van der Waals surface area contributed by atoms with Gasteiger partial charge in [0.1, 0.15) is 11.4 Å². The molecular formula is C22H21F3N2O3S. The molecule has 0 radical (unpaired) electrons. The highest BCUT2D eigenvalue weighted by Gasteiger charge is 2.40. The molecule has 3 rings (SSSR count). The van der Waals surface area contributed by atoms with Gasteiger partial charge in [-0.25, -0.2) is 8.42 Å². The summed E-state index contributed by atoms with van der Waals surface area (Å²) in [5.74, 6) is 0.551. The number of aromatic nitrogens is 2. The summed E-state index contributed by atoms with van der Waals surface area (Å²) in [6, 6.07) is 10.4. The highest BCUT2D eigenvalue weighted by atomic mass is 32.2. The van der Waals surface area contributed by atoms with Crippen molar-refractivity contribution in [3.05, 3.63) is 66.4 Å². The Hall–Kier alpha value is -3.07. The van der Waals surface area contributed by atoms with Crippen molar-refractivity contribution in [2.24, 2.45) is 0 Å². The van der Waals surface area contributed by atoms with E-state index in [1.165, 1.54) is 37.5 Å². The zero-order chi connectivity index (χ0) is 23.0. The Bertz CT molecular complexity index is 1230. The molecule has 0 unspecified atom stereocenters. The second kappa shape index (κ2) is 8.22. The van der Waals surface area contributed by atoms with Crippen molar-refractivity contribution in [3.63, 3.8) is 0 Å². The molecule has 0 atom stereocenters. The van der Waals surface area contributed by atoms with Crippen LogP contribution >= 0.6 is 0 Å². The lowest BCUT2D eigenvalue weighted by Gasteiger charge is -2.13. The first-order valence-electron chi connectivity index (χ1n) is 9.21. The van der Waals surface area contributed by atoms with Gasteiger partial charge in [-0.15, -0.1) is 6.58 Å². The molecule has 0 fully saturated rings. The molecule has 0 saturated carbocycles. The van der Waals surface area contributed by atoms with Gasteiger partial charge in [0.15, 0.2) is 15.5 Å². The van der Waals surface area contributed by atoms with Crippen LogP contribution in [0.5, 0.6) is 5.75 Å². The van der Waals surface area contributed by atoms with Crippen molar-refractivity contribution in [3.8, 4) is 28.1 Å².